The molecule has 0 aliphatic heterocycles. The third-order valence-electron chi connectivity index (χ3n) is 1.02. The van der Waals surface area contributed by atoms with Crippen molar-refractivity contribution in [2.45, 2.75) is 32.9 Å². The van der Waals surface area contributed by atoms with Gasteiger partial charge in [0.1, 0.15) is 0 Å². The normalized spacial score (nSPS) is 12.9. The molecule has 0 atom stereocenters. The third-order valence-corrected chi connectivity index (χ3v) is 2.16. The van der Waals surface area contributed by atoms with Gasteiger partial charge >= 0.3 is 0 Å². The third kappa shape index (κ3) is 7.96. The molecule has 0 aliphatic rings. The molecule has 0 aliphatic carbocycles. The highest BCUT2D eigenvalue weighted by atomic mass is 28.3. The lowest BCUT2D eigenvalue weighted by Gasteiger charge is -2.06. The Morgan fingerprint density at radius 2 is 2.00 bits per heavy atom. The SMILES string of the molecule is [CH2][Si](C)(C)C=CCCC. The van der Waals surface area contributed by atoms with Crippen LogP contribution in [-0.2, 0) is 0 Å². The van der Waals surface area contributed by atoms with Crippen molar-refractivity contribution in [1.82, 2.24) is 0 Å². The Bertz CT molecular complexity index is 87.2. The summed E-state index contributed by atoms with van der Waals surface area (Å²) in [6.07, 6.45) is 4.73. The van der Waals surface area contributed by atoms with Crippen molar-refractivity contribution in [3.05, 3.63) is 18.3 Å². The van der Waals surface area contributed by atoms with Gasteiger partial charge in [-0.25, -0.2) is 0 Å². The van der Waals surface area contributed by atoms with Gasteiger partial charge < -0.3 is 0 Å². The van der Waals surface area contributed by atoms with E-state index in [2.05, 4.69) is 38.3 Å². The molecule has 0 unspecified atom stereocenters. The van der Waals surface area contributed by atoms with E-state index in [9.17, 15) is 0 Å². The lowest BCUT2D eigenvalue weighted by atomic mass is 10.3. The van der Waals surface area contributed by atoms with Crippen LogP contribution in [0.15, 0.2) is 11.8 Å². The predicted octanol–water partition coefficient (Wildman–Crippen LogP) is 2.96. The minimum atomic E-state index is -1.13. The highest BCUT2D eigenvalue weighted by Crippen LogP contribution is 2.01. The Kier molecular flexibility index (Phi) is 3.87. The topological polar surface area (TPSA) is 0 Å². The second-order valence-electron chi connectivity index (χ2n) is 3.18. The van der Waals surface area contributed by atoms with Gasteiger partial charge in [-0.3, -0.25) is 0 Å². The fourth-order valence-corrected chi connectivity index (χ4v) is 1.37. The van der Waals surface area contributed by atoms with E-state index < -0.39 is 8.07 Å². The van der Waals surface area contributed by atoms with E-state index in [4.69, 9.17) is 0 Å². The van der Waals surface area contributed by atoms with Crippen LogP contribution in [0.4, 0.5) is 0 Å². The summed E-state index contributed by atoms with van der Waals surface area (Å²) in [4.78, 5) is 0. The van der Waals surface area contributed by atoms with Gasteiger partial charge in [0.25, 0.3) is 0 Å². The van der Waals surface area contributed by atoms with E-state index in [-0.39, 0.29) is 0 Å². The van der Waals surface area contributed by atoms with E-state index in [0.29, 0.717) is 0 Å². The van der Waals surface area contributed by atoms with Crippen LogP contribution in [0, 0.1) is 6.55 Å². The van der Waals surface area contributed by atoms with Crippen LogP contribution in [0.1, 0.15) is 19.8 Å². The maximum Gasteiger partial charge on any atom is 0.0710 e. The molecule has 0 spiro atoms. The standard InChI is InChI=1S/C8H17Si/c1-5-6-7-8-9(2,3)4/h7-8H,2,5-6H2,1,3-4H3. The van der Waals surface area contributed by atoms with Gasteiger partial charge in [0, 0.05) is 0 Å². The summed E-state index contributed by atoms with van der Waals surface area (Å²) in [6.45, 7) is 10.8. The first-order valence-electron chi connectivity index (χ1n) is 3.59. The van der Waals surface area contributed by atoms with Crippen molar-refractivity contribution in [3.8, 4) is 0 Å². The highest BCUT2D eigenvalue weighted by Gasteiger charge is 2.05. The number of hydrogen-bond donors (Lipinski definition) is 0. The molecule has 9 heavy (non-hydrogen) atoms. The van der Waals surface area contributed by atoms with Crippen molar-refractivity contribution in [2.75, 3.05) is 0 Å². The van der Waals surface area contributed by atoms with Crippen LogP contribution in [0.25, 0.3) is 0 Å². The summed E-state index contributed by atoms with van der Waals surface area (Å²) in [7, 11) is -1.13. The van der Waals surface area contributed by atoms with Crippen molar-refractivity contribution in [2.24, 2.45) is 0 Å². The second-order valence-corrected chi connectivity index (χ2v) is 7.49. The Hall–Kier alpha value is -0.0431. The Labute approximate surface area is 60.0 Å². The van der Waals surface area contributed by atoms with Crippen LogP contribution in [0.3, 0.4) is 0 Å². The molecular weight excluding hydrogens is 124 g/mol. The summed E-state index contributed by atoms with van der Waals surface area (Å²) in [6, 6.07) is 0. The Morgan fingerprint density at radius 1 is 1.44 bits per heavy atom. The minimum absolute atomic E-state index is 1.13. The molecule has 0 aromatic carbocycles. The maximum absolute atomic E-state index is 4.09. The summed E-state index contributed by atoms with van der Waals surface area (Å²) < 4.78 is 0. The molecule has 1 heteroatoms. The van der Waals surface area contributed by atoms with Crippen LogP contribution in [0.5, 0.6) is 0 Å². The molecule has 0 amide bonds. The number of unbranched alkanes of at least 4 members (excludes halogenated alkanes) is 1. The molecule has 0 fully saturated rings. The summed E-state index contributed by atoms with van der Waals surface area (Å²) in [5, 5.41) is 0. The average molecular weight is 141 g/mol. The lowest BCUT2D eigenvalue weighted by molar-refractivity contribution is 0.959. The van der Waals surface area contributed by atoms with Crippen molar-refractivity contribution in [3.63, 3.8) is 0 Å². The van der Waals surface area contributed by atoms with Gasteiger partial charge in [-0.05, 0) is 6.42 Å². The summed E-state index contributed by atoms with van der Waals surface area (Å²) in [5.74, 6) is 0. The molecule has 0 N–H and O–H groups in total. The van der Waals surface area contributed by atoms with Gasteiger partial charge in [0.2, 0.25) is 0 Å². The minimum Gasteiger partial charge on any atom is -0.0987 e. The van der Waals surface area contributed by atoms with Crippen LogP contribution >= 0.6 is 0 Å². The zero-order valence-electron chi connectivity index (χ0n) is 6.78. The van der Waals surface area contributed by atoms with Crippen molar-refractivity contribution in [1.29, 1.82) is 0 Å². The molecule has 0 aromatic heterocycles. The lowest BCUT2D eigenvalue weighted by Crippen LogP contribution is -2.16. The molecule has 0 saturated carbocycles. The Balaban J connectivity index is 3.45. The van der Waals surface area contributed by atoms with Gasteiger partial charge in [-0.1, -0.05) is 44.8 Å². The van der Waals surface area contributed by atoms with E-state index in [0.717, 1.165) is 0 Å². The molecule has 0 aromatic rings. The van der Waals surface area contributed by atoms with E-state index in [1.165, 1.54) is 12.8 Å². The molecule has 0 nitrogen and oxygen atoms in total. The zero-order chi connectivity index (χ0) is 7.33. The van der Waals surface area contributed by atoms with Gasteiger partial charge in [-0.15, -0.1) is 0 Å². The fourth-order valence-electron chi connectivity index (χ4n) is 0.569. The second kappa shape index (κ2) is 3.88. The first-order valence-corrected chi connectivity index (χ1v) is 6.88. The molecule has 1 radical (unpaired) electrons. The molecule has 53 valence electrons. The van der Waals surface area contributed by atoms with Crippen LogP contribution in [0.2, 0.25) is 13.1 Å². The number of hydrogen-bond acceptors (Lipinski definition) is 0. The quantitative estimate of drug-likeness (QED) is 0.530. The number of rotatable bonds is 3. The van der Waals surface area contributed by atoms with Crippen molar-refractivity contribution >= 4 is 8.07 Å². The van der Waals surface area contributed by atoms with E-state index in [1.807, 2.05) is 0 Å². The zero-order valence-corrected chi connectivity index (χ0v) is 7.78. The monoisotopic (exact) mass is 141 g/mol. The van der Waals surface area contributed by atoms with Crippen LogP contribution < -0.4 is 0 Å². The summed E-state index contributed by atoms with van der Waals surface area (Å²) in [5.41, 5.74) is 2.30. The predicted molar refractivity (Wildman–Crippen MR) is 46.9 cm³/mol. The van der Waals surface area contributed by atoms with Crippen LogP contribution in [-0.4, -0.2) is 8.07 Å². The fraction of sp³-hybridized carbons (Fsp3) is 0.625. The summed E-state index contributed by atoms with van der Waals surface area (Å²) >= 11 is 0. The molecule has 0 heterocycles. The first-order chi connectivity index (χ1) is 4.06. The maximum atomic E-state index is 4.09. The van der Waals surface area contributed by atoms with Crippen molar-refractivity contribution < 1.29 is 0 Å². The van der Waals surface area contributed by atoms with Gasteiger partial charge in [0.15, 0.2) is 0 Å². The highest BCUT2D eigenvalue weighted by molar-refractivity contribution is 6.83. The Morgan fingerprint density at radius 3 is 2.33 bits per heavy atom. The smallest absolute Gasteiger partial charge is 0.0710 e. The largest absolute Gasteiger partial charge is 0.0987 e. The molecule has 0 rings (SSSR count). The average Bonchev–Trinajstić information content (AvgIpc) is 1.63. The van der Waals surface area contributed by atoms with Gasteiger partial charge in [-0.2, -0.15) is 0 Å². The number of allylic oxidation sites excluding steroid dienone is 1. The van der Waals surface area contributed by atoms with Gasteiger partial charge in [0.05, 0.1) is 8.07 Å². The molecule has 0 saturated heterocycles. The molecular formula is C8H17Si. The van der Waals surface area contributed by atoms with E-state index in [1.54, 1.807) is 0 Å². The first kappa shape index (κ1) is 8.96. The molecule has 0 bridgehead atoms. The van der Waals surface area contributed by atoms with E-state index >= 15 is 0 Å².